The lowest BCUT2D eigenvalue weighted by Crippen LogP contribution is -2.44. The highest BCUT2D eigenvalue weighted by Gasteiger charge is 2.42. The van der Waals surface area contributed by atoms with Crippen LogP contribution in [0.25, 0.3) is 0 Å². The first-order valence-electron chi connectivity index (χ1n) is 5.65. The summed E-state index contributed by atoms with van der Waals surface area (Å²) >= 11 is 0. The third-order valence-corrected chi connectivity index (χ3v) is 3.25. The van der Waals surface area contributed by atoms with Crippen LogP contribution in [0.2, 0.25) is 0 Å². The molecule has 1 N–H and O–H groups in total. The van der Waals surface area contributed by atoms with E-state index in [0.717, 1.165) is 5.56 Å². The number of carbonyl (C=O) groups is 1. The minimum atomic E-state index is -0.284. The number of nitrogens with one attached hydrogen (secondary N) is 1. The molecule has 0 aromatic heterocycles. The number of benzene rings is 1. The summed E-state index contributed by atoms with van der Waals surface area (Å²) in [6, 6.07) is 6.10. The number of carbonyl (C=O) groups excluding carboxylic acids is 1. The number of amides is 1. The van der Waals surface area contributed by atoms with E-state index >= 15 is 0 Å². The predicted molar refractivity (Wildman–Crippen MR) is 58.6 cm³/mol. The maximum absolute atomic E-state index is 13.2. The molecule has 2 atom stereocenters. The van der Waals surface area contributed by atoms with Gasteiger partial charge in [0.2, 0.25) is 5.91 Å². The number of morpholine rings is 1. The molecule has 90 valence electrons. The van der Waals surface area contributed by atoms with Crippen molar-refractivity contribution >= 4 is 5.91 Å². The van der Waals surface area contributed by atoms with Crippen molar-refractivity contribution in [3.05, 3.63) is 35.6 Å². The van der Waals surface area contributed by atoms with E-state index in [4.69, 9.17) is 4.74 Å². The zero-order valence-corrected chi connectivity index (χ0v) is 9.23. The van der Waals surface area contributed by atoms with E-state index in [1.54, 1.807) is 6.07 Å². The summed E-state index contributed by atoms with van der Waals surface area (Å²) in [7, 11) is 0. The molecular formula is C12H13FN2O2. The standard InChI is InChI=1S/C12H13FN2O2/c13-9-3-1-2-8(6-9)11-14-12(16)10-7-17-5-4-15(10)11/h1-3,6,10-11H,4-5,7H2,(H,14,16)/t10-,11+/m1/s1. The first-order valence-corrected chi connectivity index (χ1v) is 5.65. The number of ether oxygens (including phenoxy) is 1. The van der Waals surface area contributed by atoms with Gasteiger partial charge in [-0.1, -0.05) is 12.1 Å². The molecule has 2 saturated heterocycles. The Morgan fingerprint density at radius 2 is 2.35 bits per heavy atom. The Balaban J connectivity index is 1.91. The lowest BCUT2D eigenvalue weighted by atomic mass is 10.1. The second-order valence-corrected chi connectivity index (χ2v) is 4.29. The fourth-order valence-electron chi connectivity index (χ4n) is 2.42. The van der Waals surface area contributed by atoms with Crippen molar-refractivity contribution < 1.29 is 13.9 Å². The topological polar surface area (TPSA) is 41.6 Å². The van der Waals surface area contributed by atoms with Gasteiger partial charge in [0.1, 0.15) is 18.0 Å². The van der Waals surface area contributed by atoms with Gasteiger partial charge in [-0.25, -0.2) is 4.39 Å². The van der Waals surface area contributed by atoms with Crippen molar-refractivity contribution in [2.75, 3.05) is 19.8 Å². The Kier molecular flexibility index (Phi) is 2.57. The lowest BCUT2D eigenvalue weighted by molar-refractivity contribution is -0.125. The van der Waals surface area contributed by atoms with Crippen LogP contribution in [-0.2, 0) is 9.53 Å². The monoisotopic (exact) mass is 236 g/mol. The Hall–Kier alpha value is -1.46. The fraction of sp³-hybridized carbons (Fsp3) is 0.417. The Morgan fingerprint density at radius 3 is 3.18 bits per heavy atom. The molecular weight excluding hydrogens is 223 g/mol. The molecule has 5 heteroatoms. The van der Waals surface area contributed by atoms with Gasteiger partial charge in [-0.3, -0.25) is 9.69 Å². The van der Waals surface area contributed by atoms with E-state index in [1.165, 1.54) is 12.1 Å². The molecule has 1 amide bonds. The van der Waals surface area contributed by atoms with E-state index in [1.807, 2.05) is 11.0 Å². The molecule has 4 nitrogen and oxygen atoms in total. The molecule has 1 aromatic carbocycles. The third-order valence-electron chi connectivity index (χ3n) is 3.25. The fourth-order valence-corrected chi connectivity index (χ4v) is 2.42. The van der Waals surface area contributed by atoms with Crippen LogP contribution < -0.4 is 5.32 Å². The quantitative estimate of drug-likeness (QED) is 0.778. The minimum absolute atomic E-state index is 0.0426. The first kappa shape index (κ1) is 10.7. The third kappa shape index (κ3) is 1.81. The van der Waals surface area contributed by atoms with Gasteiger partial charge in [-0.15, -0.1) is 0 Å². The van der Waals surface area contributed by atoms with E-state index < -0.39 is 0 Å². The van der Waals surface area contributed by atoms with Crippen LogP contribution in [0.3, 0.4) is 0 Å². The molecule has 2 heterocycles. The largest absolute Gasteiger partial charge is 0.378 e. The molecule has 0 unspecified atom stereocenters. The second-order valence-electron chi connectivity index (χ2n) is 4.29. The highest BCUT2D eigenvalue weighted by molar-refractivity contribution is 5.84. The smallest absolute Gasteiger partial charge is 0.241 e. The van der Waals surface area contributed by atoms with E-state index in [-0.39, 0.29) is 23.9 Å². The number of halogens is 1. The van der Waals surface area contributed by atoms with Gasteiger partial charge in [-0.05, 0) is 17.7 Å². The van der Waals surface area contributed by atoms with Gasteiger partial charge in [0.15, 0.2) is 0 Å². The van der Waals surface area contributed by atoms with Gasteiger partial charge in [-0.2, -0.15) is 0 Å². The Bertz CT molecular complexity index is 452. The van der Waals surface area contributed by atoms with Gasteiger partial charge >= 0.3 is 0 Å². The molecule has 0 saturated carbocycles. The van der Waals surface area contributed by atoms with Crippen LogP contribution in [-0.4, -0.2) is 36.6 Å². The summed E-state index contributed by atoms with van der Waals surface area (Å²) in [5, 5.41) is 2.88. The van der Waals surface area contributed by atoms with Crippen molar-refractivity contribution in [2.45, 2.75) is 12.2 Å². The number of hydrogen-bond acceptors (Lipinski definition) is 3. The molecule has 0 bridgehead atoms. The van der Waals surface area contributed by atoms with Crippen LogP contribution in [0.15, 0.2) is 24.3 Å². The van der Waals surface area contributed by atoms with Crippen LogP contribution >= 0.6 is 0 Å². The maximum atomic E-state index is 13.2. The molecule has 0 spiro atoms. The Labute approximate surface area is 98.4 Å². The Morgan fingerprint density at radius 1 is 1.47 bits per heavy atom. The van der Waals surface area contributed by atoms with Crippen molar-refractivity contribution in [3.63, 3.8) is 0 Å². The van der Waals surface area contributed by atoms with Crippen molar-refractivity contribution in [1.82, 2.24) is 10.2 Å². The second kappa shape index (κ2) is 4.09. The average molecular weight is 236 g/mol. The van der Waals surface area contributed by atoms with Gasteiger partial charge in [0.05, 0.1) is 13.2 Å². The van der Waals surface area contributed by atoms with Crippen molar-refractivity contribution in [1.29, 1.82) is 0 Å². The number of nitrogens with zero attached hydrogens (tertiary/aromatic N) is 1. The van der Waals surface area contributed by atoms with Crippen LogP contribution in [0.1, 0.15) is 11.7 Å². The molecule has 3 rings (SSSR count). The highest BCUT2D eigenvalue weighted by Crippen LogP contribution is 2.28. The van der Waals surface area contributed by atoms with Crippen molar-refractivity contribution in [2.24, 2.45) is 0 Å². The summed E-state index contributed by atoms with van der Waals surface area (Å²) in [6.45, 7) is 1.71. The molecule has 2 aliphatic heterocycles. The number of rotatable bonds is 1. The first-order chi connectivity index (χ1) is 8.25. The average Bonchev–Trinajstić information content (AvgIpc) is 2.68. The molecule has 2 fully saturated rings. The summed E-state index contributed by atoms with van der Waals surface area (Å²) in [5.74, 6) is -0.326. The predicted octanol–water partition coefficient (Wildman–Crippen LogP) is 0.655. The molecule has 17 heavy (non-hydrogen) atoms. The van der Waals surface area contributed by atoms with Crippen molar-refractivity contribution in [3.8, 4) is 0 Å². The summed E-state index contributed by atoms with van der Waals surface area (Å²) in [6.07, 6.45) is -0.230. The molecule has 0 radical (unpaired) electrons. The normalized spacial score (nSPS) is 28.9. The maximum Gasteiger partial charge on any atom is 0.241 e. The molecule has 1 aromatic rings. The van der Waals surface area contributed by atoms with Gasteiger partial charge < -0.3 is 10.1 Å². The number of fused-ring (bicyclic) bond motifs is 1. The number of hydrogen-bond donors (Lipinski definition) is 1. The van der Waals surface area contributed by atoms with Crippen LogP contribution in [0.5, 0.6) is 0 Å². The zero-order valence-electron chi connectivity index (χ0n) is 9.23. The van der Waals surface area contributed by atoms with Crippen LogP contribution in [0, 0.1) is 5.82 Å². The SMILES string of the molecule is O=C1N[C@H](c2cccc(F)c2)N2CCOC[C@H]12. The van der Waals surface area contributed by atoms with E-state index in [2.05, 4.69) is 5.32 Å². The summed E-state index contributed by atoms with van der Waals surface area (Å²) in [5.41, 5.74) is 0.780. The summed E-state index contributed by atoms with van der Waals surface area (Å²) in [4.78, 5) is 13.8. The molecule has 0 aliphatic carbocycles. The van der Waals surface area contributed by atoms with E-state index in [9.17, 15) is 9.18 Å². The van der Waals surface area contributed by atoms with Crippen LogP contribution in [0.4, 0.5) is 4.39 Å². The van der Waals surface area contributed by atoms with Gasteiger partial charge in [0, 0.05) is 6.54 Å². The highest BCUT2D eigenvalue weighted by atomic mass is 19.1. The minimum Gasteiger partial charge on any atom is -0.378 e. The lowest BCUT2D eigenvalue weighted by Gasteiger charge is -2.31. The van der Waals surface area contributed by atoms with Gasteiger partial charge in [0.25, 0.3) is 0 Å². The van der Waals surface area contributed by atoms with E-state index in [0.29, 0.717) is 19.8 Å². The zero-order chi connectivity index (χ0) is 11.8. The molecule has 2 aliphatic rings. The summed E-state index contributed by atoms with van der Waals surface area (Å²) < 4.78 is 18.5.